The van der Waals surface area contributed by atoms with Crippen molar-refractivity contribution in [2.24, 2.45) is 0 Å². The summed E-state index contributed by atoms with van der Waals surface area (Å²) in [6.45, 7) is 0. The Kier molecular flexibility index (Phi) is 3.29. The zero-order valence-corrected chi connectivity index (χ0v) is 14.0. The van der Waals surface area contributed by atoms with Crippen molar-refractivity contribution in [1.82, 2.24) is 9.97 Å². The lowest BCUT2D eigenvalue weighted by molar-refractivity contribution is 0.603. The Bertz CT molecular complexity index is 1120. The van der Waals surface area contributed by atoms with Crippen LogP contribution in [0.15, 0.2) is 52.2 Å². The van der Waals surface area contributed by atoms with E-state index >= 15 is 0 Å². The Labute approximate surface area is 141 Å². The summed E-state index contributed by atoms with van der Waals surface area (Å²) in [6, 6.07) is 10.2. The molecule has 2 N–H and O–H groups in total. The van der Waals surface area contributed by atoms with E-state index in [1.807, 2.05) is 0 Å². The number of fused-ring (bicyclic) bond motifs is 3. The van der Waals surface area contributed by atoms with Gasteiger partial charge in [-0.3, -0.25) is 4.72 Å². The van der Waals surface area contributed by atoms with E-state index in [2.05, 4.69) is 14.7 Å². The van der Waals surface area contributed by atoms with Gasteiger partial charge in [-0.25, -0.2) is 13.4 Å². The maximum atomic E-state index is 12.3. The Morgan fingerprint density at radius 2 is 2.09 bits per heavy atom. The Hall–Kier alpha value is -2.09. The van der Waals surface area contributed by atoms with Gasteiger partial charge in [0.05, 0.1) is 5.02 Å². The van der Waals surface area contributed by atoms with Crippen molar-refractivity contribution >= 4 is 60.6 Å². The molecule has 0 atom stereocenters. The lowest BCUT2D eigenvalue weighted by Gasteiger charge is -2.06. The fourth-order valence-corrected chi connectivity index (χ4v) is 4.75. The molecule has 0 aliphatic rings. The number of benzene rings is 1. The smallest absolute Gasteiger partial charge is 0.271 e. The van der Waals surface area contributed by atoms with E-state index in [4.69, 9.17) is 11.6 Å². The molecule has 0 aliphatic carbocycles. The standard InChI is InChI=1S/C15H10ClN3O2S2/c16-11-5-6-17-15-14(11)10-8-9(3-4-12(10)18-15)19-23(20,21)13-2-1-7-22-13/h1-8,19H,(H,17,18). The number of pyridine rings is 1. The van der Waals surface area contributed by atoms with E-state index in [1.54, 1.807) is 48.0 Å². The molecule has 3 aromatic heterocycles. The average Bonchev–Trinajstić information content (AvgIpc) is 3.14. The van der Waals surface area contributed by atoms with Crippen LogP contribution in [0.3, 0.4) is 0 Å². The van der Waals surface area contributed by atoms with Crippen LogP contribution in [0.4, 0.5) is 5.69 Å². The Morgan fingerprint density at radius 3 is 2.87 bits per heavy atom. The number of hydrogen-bond acceptors (Lipinski definition) is 4. The predicted octanol–water partition coefficient (Wildman–Crippen LogP) is 4.23. The summed E-state index contributed by atoms with van der Waals surface area (Å²) >= 11 is 7.42. The van der Waals surface area contributed by atoms with Gasteiger partial charge in [0, 0.05) is 28.2 Å². The fourth-order valence-electron chi connectivity index (χ4n) is 2.46. The van der Waals surface area contributed by atoms with Crippen molar-refractivity contribution in [3.63, 3.8) is 0 Å². The molecular formula is C15H10ClN3O2S2. The third-order valence-corrected chi connectivity index (χ3v) is 6.55. The molecule has 0 saturated heterocycles. The van der Waals surface area contributed by atoms with Crippen molar-refractivity contribution in [2.75, 3.05) is 4.72 Å². The first kappa shape index (κ1) is 14.5. The minimum absolute atomic E-state index is 0.274. The highest BCUT2D eigenvalue weighted by atomic mass is 35.5. The molecule has 0 aliphatic heterocycles. The highest BCUT2D eigenvalue weighted by Crippen LogP contribution is 2.32. The number of nitrogens with zero attached hydrogens (tertiary/aromatic N) is 1. The average molecular weight is 364 g/mol. The second-order valence-corrected chi connectivity index (χ2v) is 8.20. The van der Waals surface area contributed by atoms with Crippen LogP contribution in [-0.4, -0.2) is 18.4 Å². The summed E-state index contributed by atoms with van der Waals surface area (Å²) < 4.78 is 27.5. The first-order valence-corrected chi connectivity index (χ1v) is 9.41. The third kappa shape index (κ3) is 2.46. The van der Waals surface area contributed by atoms with Crippen LogP contribution in [0.5, 0.6) is 0 Å². The molecule has 0 amide bonds. The predicted molar refractivity (Wildman–Crippen MR) is 93.7 cm³/mol. The van der Waals surface area contributed by atoms with E-state index in [9.17, 15) is 8.42 Å². The number of aromatic amines is 1. The summed E-state index contributed by atoms with van der Waals surface area (Å²) in [6.07, 6.45) is 1.63. The molecule has 4 rings (SSSR count). The van der Waals surface area contributed by atoms with Gasteiger partial charge >= 0.3 is 0 Å². The van der Waals surface area contributed by atoms with Crippen LogP contribution in [-0.2, 0) is 10.0 Å². The number of rotatable bonds is 3. The molecule has 0 saturated carbocycles. The van der Waals surface area contributed by atoms with Gasteiger partial charge in [0.25, 0.3) is 10.0 Å². The number of halogens is 1. The molecule has 8 heteroatoms. The SMILES string of the molecule is O=S(=O)(Nc1ccc2[nH]c3nccc(Cl)c3c2c1)c1cccs1. The lowest BCUT2D eigenvalue weighted by atomic mass is 10.2. The first-order valence-electron chi connectivity index (χ1n) is 6.67. The number of nitrogens with one attached hydrogen (secondary N) is 2. The van der Waals surface area contributed by atoms with Crippen molar-refractivity contribution in [3.05, 3.63) is 53.0 Å². The van der Waals surface area contributed by atoms with Gasteiger partial charge < -0.3 is 4.98 Å². The quantitative estimate of drug-likeness (QED) is 0.572. The van der Waals surface area contributed by atoms with Crippen LogP contribution < -0.4 is 4.72 Å². The van der Waals surface area contributed by atoms with Gasteiger partial charge in [0.2, 0.25) is 0 Å². The Morgan fingerprint density at radius 1 is 1.22 bits per heavy atom. The molecule has 4 aromatic rings. The number of aromatic nitrogens is 2. The second kappa shape index (κ2) is 5.23. The number of sulfonamides is 1. The topological polar surface area (TPSA) is 74.8 Å². The molecule has 0 fully saturated rings. The summed E-state index contributed by atoms with van der Waals surface area (Å²) in [5.74, 6) is 0. The number of H-pyrrole nitrogens is 1. The van der Waals surface area contributed by atoms with Crippen molar-refractivity contribution in [3.8, 4) is 0 Å². The summed E-state index contributed by atoms with van der Waals surface area (Å²) in [5, 5.41) is 3.90. The van der Waals surface area contributed by atoms with Crippen molar-refractivity contribution < 1.29 is 8.42 Å². The first-order chi connectivity index (χ1) is 11.0. The van der Waals surface area contributed by atoms with Gasteiger partial charge in [-0.1, -0.05) is 17.7 Å². The molecular weight excluding hydrogens is 354 g/mol. The van der Waals surface area contributed by atoms with E-state index in [0.29, 0.717) is 16.4 Å². The highest BCUT2D eigenvalue weighted by molar-refractivity contribution is 7.94. The zero-order valence-electron chi connectivity index (χ0n) is 11.6. The van der Waals surface area contributed by atoms with Gasteiger partial charge in [-0.2, -0.15) is 0 Å². The van der Waals surface area contributed by atoms with Crippen LogP contribution >= 0.6 is 22.9 Å². The van der Waals surface area contributed by atoms with Gasteiger partial charge in [-0.15, -0.1) is 11.3 Å². The van der Waals surface area contributed by atoms with Crippen LogP contribution in [0, 0.1) is 0 Å². The maximum absolute atomic E-state index is 12.3. The monoisotopic (exact) mass is 363 g/mol. The minimum Gasteiger partial charge on any atom is -0.339 e. The molecule has 0 bridgehead atoms. The Balaban J connectivity index is 1.84. The highest BCUT2D eigenvalue weighted by Gasteiger charge is 2.16. The number of hydrogen-bond donors (Lipinski definition) is 2. The normalized spacial score (nSPS) is 12.0. The zero-order chi connectivity index (χ0) is 16.0. The molecule has 116 valence electrons. The van der Waals surface area contributed by atoms with Gasteiger partial charge in [0.15, 0.2) is 0 Å². The molecule has 3 heterocycles. The molecule has 1 aromatic carbocycles. The molecule has 0 radical (unpaired) electrons. The summed E-state index contributed by atoms with van der Waals surface area (Å²) in [4.78, 5) is 7.41. The third-order valence-electron chi connectivity index (χ3n) is 3.45. The summed E-state index contributed by atoms with van der Waals surface area (Å²) in [5.41, 5.74) is 2.00. The van der Waals surface area contributed by atoms with Gasteiger partial charge in [-0.05, 0) is 35.7 Å². The maximum Gasteiger partial charge on any atom is 0.271 e. The van der Waals surface area contributed by atoms with E-state index in [1.165, 1.54) is 11.3 Å². The molecule has 23 heavy (non-hydrogen) atoms. The van der Waals surface area contributed by atoms with Crippen LogP contribution in [0.2, 0.25) is 5.02 Å². The lowest BCUT2D eigenvalue weighted by Crippen LogP contribution is -2.11. The van der Waals surface area contributed by atoms with Crippen molar-refractivity contribution in [1.29, 1.82) is 0 Å². The van der Waals surface area contributed by atoms with Gasteiger partial charge in [0.1, 0.15) is 9.86 Å². The largest absolute Gasteiger partial charge is 0.339 e. The molecule has 0 spiro atoms. The van der Waals surface area contributed by atoms with E-state index in [0.717, 1.165) is 16.3 Å². The molecule has 5 nitrogen and oxygen atoms in total. The number of anilines is 1. The molecule has 0 unspecified atom stereocenters. The fraction of sp³-hybridized carbons (Fsp3) is 0. The summed E-state index contributed by atoms with van der Waals surface area (Å²) in [7, 11) is -3.58. The number of thiophene rings is 1. The van der Waals surface area contributed by atoms with Crippen LogP contribution in [0.25, 0.3) is 21.9 Å². The minimum atomic E-state index is -3.58. The van der Waals surface area contributed by atoms with E-state index in [-0.39, 0.29) is 4.21 Å². The van der Waals surface area contributed by atoms with E-state index < -0.39 is 10.0 Å². The van der Waals surface area contributed by atoms with Crippen LogP contribution in [0.1, 0.15) is 0 Å². The second-order valence-electron chi connectivity index (χ2n) is 4.94. The van der Waals surface area contributed by atoms with Crippen molar-refractivity contribution in [2.45, 2.75) is 4.21 Å².